The zero-order chi connectivity index (χ0) is 28.1. The molecule has 1 N–H and O–H groups in total. The van der Waals surface area contributed by atoms with E-state index >= 15 is 0 Å². The molecule has 3 aliphatic rings. The normalized spacial score (nSPS) is 18.7. The Morgan fingerprint density at radius 1 is 0.929 bits per heavy atom. The fourth-order valence-corrected chi connectivity index (χ4v) is 6.47. The maximum atomic E-state index is 13.0. The summed E-state index contributed by atoms with van der Waals surface area (Å²) in [6, 6.07) is 24.7. The third-order valence-corrected chi connectivity index (χ3v) is 8.94. The first-order valence-corrected chi connectivity index (χ1v) is 14.6. The van der Waals surface area contributed by atoms with Crippen molar-refractivity contribution >= 4 is 34.4 Å². The van der Waals surface area contributed by atoms with Crippen molar-refractivity contribution in [1.29, 1.82) is 0 Å². The molecular formula is C34H31N7O. The second-order valence-corrected chi connectivity index (χ2v) is 11.5. The maximum absolute atomic E-state index is 13.0. The molecule has 1 saturated heterocycles. The highest BCUT2D eigenvalue weighted by Crippen LogP contribution is 2.54. The van der Waals surface area contributed by atoms with Gasteiger partial charge in [-0.25, -0.2) is 9.97 Å². The molecule has 2 aliphatic heterocycles. The summed E-state index contributed by atoms with van der Waals surface area (Å²) in [5, 5.41) is 4.38. The first-order chi connectivity index (χ1) is 20.7. The van der Waals surface area contributed by atoms with Gasteiger partial charge in [-0.2, -0.15) is 0 Å². The number of carbonyl (C=O) groups excluding carboxylic acids is 1. The van der Waals surface area contributed by atoms with Gasteiger partial charge in [0, 0.05) is 66.0 Å². The molecule has 42 heavy (non-hydrogen) atoms. The SMILES string of the molecule is O=C(NC1CCN(c2ccccn2)C1)c1ccc(N2C=Cc3ncc(C4(c5ccc6ncccc6c5)CC4)n3C2)cc1. The van der Waals surface area contributed by atoms with Gasteiger partial charge in [0.05, 0.1) is 11.2 Å². The van der Waals surface area contributed by atoms with E-state index in [1.807, 2.05) is 60.9 Å². The molecule has 1 aliphatic carbocycles. The van der Waals surface area contributed by atoms with Gasteiger partial charge < -0.3 is 19.7 Å². The second kappa shape index (κ2) is 9.83. The fourth-order valence-electron chi connectivity index (χ4n) is 6.47. The van der Waals surface area contributed by atoms with Crippen molar-refractivity contribution < 1.29 is 4.79 Å². The molecule has 8 heteroatoms. The number of fused-ring (bicyclic) bond motifs is 2. The number of nitrogens with one attached hydrogen (secondary N) is 1. The highest BCUT2D eigenvalue weighted by Gasteiger charge is 2.49. The number of pyridine rings is 2. The van der Waals surface area contributed by atoms with Crippen LogP contribution in [0, 0.1) is 0 Å². The van der Waals surface area contributed by atoms with Gasteiger partial charge in [0.15, 0.2) is 0 Å². The zero-order valence-corrected chi connectivity index (χ0v) is 23.2. The third-order valence-electron chi connectivity index (χ3n) is 8.94. The molecule has 1 unspecified atom stereocenters. The van der Waals surface area contributed by atoms with E-state index in [-0.39, 0.29) is 17.4 Å². The summed E-state index contributed by atoms with van der Waals surface area (Å²) in [6.07, 6.45) is 13.0. The van der Waals surface area contributed by atoms with Crippen molar-refractivity contribution in [1.82, 2.24) is 24.8 Å². The van der Waals surface area contributed by atoms with Crippen molar-refractivity contribution in [2.45, 2.75) is 37.4 Å². The molecule has 1 amide bonds. The molecule has 0 radical (unpaired) electrons. The van der Waals surface area contributed by atoms with Crippen LogP contribution in [-0.2, 0) is 12.1 Å². The minimum absolute atomic E-state index is 0.0134. The van der Waals surface area contributed by atoms with Crippen LogP contribution in [0.15, 0.2) is 97.6 Å². The van der Waals surface area contributed by atoms with Crippen molar-refractivity contribution in [2.24, 2.45) is 0 Å². The standard InChI is InChI=1S/C34H31N7O/c42-33(38-27-12-18-39(22-27)31-5-1-2-16-36-31)24-6-9-28(10-7-24)40-19-13-32-37-21-30(41(32)23-40)34(14-15-34)26-8-11-29-25(20-26)4-3-17-35-29/h1-11,13,16-17,19-21,27H,12,14-15,18,22-23H2,(H,38,42). The predicted octanol–water partition coefficient (Wildman–Crippen LogP) is 5.36. The Kier molecular flexibility index (Phi) is 5.80. The predicted molar refractivity (Wildman–Crippen MR) is 164 cm³/mol. The lowest BCUT2D eigenvalue weighted by molar-refractivity contribution is 0.0940. The Labute approximate surface area is 244 Å². The molecule has 1 saturated carbocycles. The highest BCUT2D eigenvalue weighted by atomic mass is 16.1. The number of hydrogen-bond donors (Lipinski definition) is 1. The van der Waals surface area contributed by atoms with E-state index in [0.717, 1.165) is 55.2 Å². The summed E-state index contributed by atoms with van der Waals surface area (Å²) in [5.74, 6) is 1.89. The van der Waals surface area contributed by atoms with Crippen molar-refractivity contribution in [3.05, 3.63) is 120 Å². The van der Waals surface area contributed by atoms with Crippen molar-refractivity contribution in [3.8, 4) is 0 Å². The molecular weight excluding hydrogens is 522 g/mol. The molecule has 1 atom stereocenters. The average Bonchev–Trinajstić information content (AvgIpc) is 3.52. The number of rotatable bonds is 6. The lowest BCUT2D eigenvalue weighted by atomic mass is 9.91. The molecule has 208 valence electrons. The topological polar surface area (TPSA) is 79.2 Å². The first kappa shape index (κ1) is 24.8. The van der Waals surface area contributed by atoms with Crippen LogP contribution < -0.4 is 15.1 Å². The van der Waals surface area contributed by atoms with Gasteiger partial charge in [0.25, 0.3) is 5.91 Å². The number of amides is 1. The minimum Gasteiger partial charge on any atom is -0.354 e. The van der Waals surface area contributed by atoms with E-state index in [1.165, 1.54) is 16.6 Å². The molecule has 8 rings (SSSR count). The average molecular weight is 554 g/mol. The summed E-state index contributed by atoms with van der Waals surface area (Å²) < 4.78 is 2.33. The van der Waals surface area contributed by atoms with Gasteiger partial charge >= 0.3 is 0 Å². The smallest absolute Gasteiger partial charge is 0.251 e. The zero-order valence-electron chi connectivity index (χ0n) is 23.2. The van der Waals surface area contributed by atoms with Crippen LogP contribution in [0.2, 0.25) is 0 Å². The van der Waals surface area contributed by atoms with Crippen molar-refractivity contribution in [3.63, 3.8) is 0 Å². The van der Waals surface area contributed by atoms with Gasteiger partial charge in [-0.3, -0.25) is 9.78 Å². The van der Waals surface area contributed by atoms with Crippen LogP contribution in [0.25, 0.3) is 17.0 Å². The second-order valence-electron chi connectivity index (χ2n) is 11.5. The van der Waals surface area contributed by atoms with E-state index in [0.29, 0.717) is 12.2 Å². The van der Waals surface area contributed by atoms with Crippen LogP contribution in [0.4, 0.5) is 11.5 Å². The number of anilines is 2. The number of imidazole rings is 1. The number of benzene rings is 2. The molecule has 3 aromatic heterocycles. The molecule has 0 bridgehead atoms. The number of aromatic nitrogens is 4. The Morgan fingerprint density at radius 3 is 2.64 bits per heavy atom. The van der Waals surface area contributed by atoms with Gasteiger partial charge in [-0.1, -0.05) is 18.2 Å². The highest BCUT2D eigenvalue weighted by molar-refractivity contribution is 5.94. The molecule has 8 nitrogen and oxygen atoms in total. The van der Waals surface area contributed by atoms with Crippen LogP contribution in [-0.4, -0.2) is 44.6 Å². The van der Waals surface area contributed by atoms with Crippen LogP contribution in [0.1, 0.15) is 46.7 Å². The lowest BCUT2D eigenvalue weighted by Gasteiger charge is -2.28. The van der Waals surface area contributed by atoms with Gasteiger partial charge in [-0.15, -0.1) is 0 Å². The van der Waals surface area contributed by atoms with E-state index in [2.05, 4.69) is 72.4 Å². The van der Waals surface area contributed by atoms with E-state index < -0.39 is 0 Å². The lowest BCUT2D eigenvalue weighted by Crippen LogP contribution is -2.37. The largest absolute Gasteiger partial charge is 0.354 e. The Balaban J connectivity index is 0.966. The molecule has 2 fully saturated rings. The van der Waals surface area contributed by atoms with Crippen LogP contribution in [0.5, 0.6) is 0 Å². The molecule has 5 heterocycles. The summed E-state index contributed by atoms with van der Waals surface area (Å²) in [6.45, 7) is 2.33. The fraction of sp³-hybridized carbons (Fsp3) is 0.235. The first-order valence-electron chi connectivity index (χ1n) is 14.6. The number of nitrogens with zero attached hydrogens (tertiary/aromatic N) is 6. The summed E-state index contributed by atoms with van der Waals surface area (Å²) in [4.78, 5) is 31.2. The van der Waals surface area contributed by atoms with Gasteiger partial charge in [-0.05, 0) is 85.5 Å². The molecule has 0 spiro atoms. The summed E-state index contributed by atoms with van der Waals surface area (Å²) >= 11 is 0. The van der Waals surface area contributed by atoms with Gasteiger partial charge in [0.2, 0.25) is 0 Å². The number of hydrogen-bond acceptors (Lipinski definition) is 6. The van der Waals surface area contributed by atoms with Crippen LogP contribution in [0.3, 0.4) is 0 Å². The quantitative estimate of drug-likeness (QED) is 0.305. The summed E-state index contributed by atoms with van der Waals surface area (Å²) in [5.41, 5.74) is 5.29. The summed E-state index contributed by atoms with van der Waals surface area (Å²) in [7, 11) is 0. The third kappa shape index (κ3) is 4.31. The number of carbonyl (C=O) groups is 1. The Morgan fingerprint density at radius 2 is 1.81 bits per heavy atom. The van der Waals surface area contributed by atoms with E-state index in [4.69, 9.17) is 4.98 Å². The van der Waals surface area contributed by atoms with Crippen LogP contribution >= 0.6 is 0 Å². The Bertz CT molecular complexity index is 1810. The van der Waals surface area contributed by atoms with E-state index in [9.17, 15) is 4.79 Å². The van der Waals surface area contributed by atoms with Gasteiger partial charge in [0.1, 0.15) is 18.3 Å². The minimum atomic E-state index is -0.0379. The monoisotopic (exact) mass is 553 g/mol. The molecule has 2 aromatic carbocycles. The molecule has 5 aromatic rings. The maximum Gasteiger partial charge on any atom is 0.251 e. The Hall–Kier alpha value is -4.98. The van der Waals surface area contributed by atoms with E-state index in [1.54, 1.807) is 0 Å². The van der Waals surface area contributed by atoms with Crippen molar-refractivity contribution in [2.75, 3.05) is 22.9 Å².